The second kappa shape index (κ2) is 5.91. The number of nitriles is 1. The van der Waals surface area contributed by atoms with Crippen LogP contribution in [0.4, 0.5) is 17.6 Å². The molecule has 0 atom stereocenters. The Balaban J connectivity index is 2.51. The Kier molecular flexibility index (Phi) is 3.89. The van der Waals surface area contributed by atoms with E-state index in [2.05, 4.69) is 0 Å². The fourth-order valence-corrected chi connectivity index (χ4v) is 2.65. The largest absolute Gasteiger partial charge is 0.478 e. The van der Waals surface area contributed by atoms with Crippen molar-refractivity contribution in [1.82, 2.24) is 0 Å². The second-order valence-corrected chi connectivity index (χ2v) is 5.20. The van der Waals surface area contributed by atoms with Gasteiger partial charge in [0.05, 0.1) is 22.8 Å². The minimum Gasteiger partial charge on any atom is -0.478 e. The summed E-state index contributed by atoms with van der Waals surface area (Å²) in [4.78, 5) is 11.2. The normalized spacial score (nSPS) is 10.7. The molecule has 0 aromatic heterocycles. The number of benzene rings is 3. The number of nitrogens with zero attached hydrogens (tertiary/aromatic N) is 1. The highest BCUT2D eigenvalue weighted by molar-refractivity contribution is 6.03. The van der Waals surface area contributed by atoms with E-state index in [-0.39, 0.29) is 21.9 Å². The number of carboxylic acids is 1. The number of carbonyl (C=O) groups is 1. The van der Waals surface area contributed by atoms with Crippen molar-refractivity contribution in [1.29, 1.82) is 5.26 Å². The Labute approximate surface area is 138 Å². The maximum Gasteiger partial charge on any atom is 0.335 e. The van der Waals surface area contributed by atoms with Gasteiger partial charge in [-0.15, -0.1) is 0 Å². The van der Waals surface area contributed by atoms with Crippen LogP contribution in [0.3, 0.4) is 0 Å². The molecule has 1 N–H and O–H groups in total. The molecule has 0 bridgehead atoms. The van der Waals surface area contributed by atoms with Crippen molar-refractivity contribution < 1.29 is 27.5 Å². The number of halogens is 4. The Bertz CT molecular complexity index is 1060. The van der Waals surface area contributed by atoms with Gasteiger partial charge in [-0.1, -0.05) is 6.07 Å². The average molecular weight is 345 g/mol. The van der Waals surface area contributed by atoms with Crippen LogP contribution in [0.1, 0.15) is 15.9 Å². The quantitative estimate of drug-likeness (QED) is 0.689. The van der Waals surface area contributed by atoms with Gasteiger partial charge in [0.25, 0.3) is 0 Å². The molecule has 3 aromatic carbocycles. The molecule has 0 fully saturated rings. The first-order chi connectivity index (χ1) is 11.8. The lowest BCUT2D eigenvalue weighted by molar-refractivity contribution is 0.0697. The molecule has 3 rings (SSSR count). The van der Waals surface area contributed by atoms with Gasteiger partial charge < -0.3 is 5.11 Å². The Morgan fingerprint density at radius 3 is 2.04 bits per heavy atom. The van der Waals surface area contributed by atoms with Gasteiger partial charge in [0.1, 0.15) is 23.3 Å². The summed E-state index contributed by atoms with van der Waals surface area (Å²) in [6.45, 7) is 0. The van der Waals surface area contributed by atoms with Crippen LogP contribution in [-0.2, 0) is 0 Å². The SMILES string of the molecule is N#Cc1cc(F)c(-c2c(F)cc(F)cc2F)c2cc(C(=O)O)ccc12. The van der Waals surface area contributed by atoms with E-state index < -0.39 is 40.4 Å². The zero-order valence-corrected chi connectivity index (χ0v) is 12.3. The van der Waals surface area contributed by atoms with E-state index in [0.29, 0.717) is 12.1 Å². The predicted octanol–water partition coefficient (Wildman–Crippen LogP) is 4.63. The van der Waals surface area contributed by atoms with Gasteiger partial charge in [-0.25, -0.2) is 22.4 Å². The summed E-state index contributed by atoms with van der Waals surface area (Å²) in [5.41, 5.74) is -1.80. The monoisotopic (exact) mass is 345 g/mol. The van der Waals surface area contributed by atoms with Gasteiger partial charge in [-0.3, -0.25) is 0 Å². The third-order valence-electron chi connectivity index (χ3n) is 3.71. The van der Waals surface area contributed by atoms with Crippen molar-refractivity contribution in [3.05, 3.63) is 70.8 Å². The predicted molar refractivity (Wildman–Crippen MR) is 80.9 cm³/mol. The first-order valence-electron chi connectivity index (χ1n) is 6.88. The van der Waals surface area contributed by atoms with Gasteiger partial charge in [-0.2, -0.15) is 5.26 Å². The van der Waals surface area contributed by atoms with Crippen molar-refractivity contribution in [2.45, 2.75) is 0 Å². The van der Waals surface area contributed by atoms with Crippen LogP contribution >= 0.6 is 0 Å². The number of hydrogen-bond donors (Lipinski definition) is 1. The summed E-state index contributed by atoms with van der Waals surface area (Å²) in [7, 11) is 0. The molecule has 0 radical (unpaired) electrons. The number of carboxylic acid groups (broad SMARTS) is 1. The molecule has 25 heavy (non-hydrogen) atoms. The lowest BCUT2D eigenvalue weighted by Gasteiger charge is -2.12. The third-order valence-corrected chi connectivity index (χ3v) is 3.71. The summed E-state index contributed by atoms with van der Waals surface area (Å²) in [5, 5.41) is 18.2. The minimum atomic E-state index is -1.34. The molecule has 124 valence electrons. The van der Waals surface area contributed by atoms with Crippen molar-refractivity contribution in [2.75, 3.05) is 0 Å². The van der Waals surface area contributed by atoms with Gasteiger partial charge in [0.2, 0.25) is 0 Å². The van der Waals surface area contributed by atoms with E-state index in [0.717, 1.165) is 12.1 Å². The molecule has 7 heteroatoms. The Morgan fingerprint density at radius 1 is 0.880 bits per heavy atom. The second-order valence-electron chi connectivity index (χ2n) is 5.20. The van der Waals surface area contributed by atoms with E-state index in [1.165, 1.54) is 12.1 Å². The van der Waals surface area contributed by atoms with Crippen molar-refractivity contribution in [3.8, 4) is 17.2 Å². The molecular formula is C18H7F4NO2. The molecule has 0 aliphatic carbocycles. The topological polar surface area (TPSA) is 61.1 Å². The summed E-state index contributed by atoms with van der Waals surface area (Å²) in [6.07, 6.45) is 0. The van der Waals surface area contributed by atoms with Crippen LogP contribution in [0.2, 0.25) is 0 Å². The number of aromatic carboxylic acids is 1. The lowest BCUT2D eigenvalue weighted by atomic mass is 9.92. The smallest absolute Gasteiger partial charge is 0.335 e. The molecule has 0 aliphatic heterocycles. The fraction of sp³-hybridized carbons (Fsp3) is 0. The van der Waals surface area contributed by atoms with Crippen molar-refractivity contribution in [3.63, 3.8) is 0 Å². The Morgan fingerprint density at radius 2 is 1.48 bits per heavy atom. The zero-order valence-electron chi connectivity index (χ0n) is 12.3. The highest BCUT2D eigenvalue weighted by Gasteiger charge is 2.22. The third kappa shape index (κ3) is 2.68. The molecule has 0 heterocycles. The molecule has 0 saturated heterocycles. The Hall–Kier alpha value is -3.40. The molecule has 0 aliphatic rings. The van der Waals surface area contributed by atoms with E-state index in [4.69, 9.17) is 10.4 Å². The van der Waals surface area contributed by atoms with Crippen molar-refractivity contribution >= 4 is 16.7 Å². The van der Waals surface area contributed by atoms with E-state index in [9.17, 15) is 22.4 Å². The maximum atomic E-state index is 14.5. The number of rotatable bonds is 2. The van der Waals surface area contributed by atoms with Gasteiger partial charge >= 0.3 is 5.97 Å². The van der Waals surface area contributed by atoms with Crippen LogP contribution in [0.5, 0.6) is 0 Å². The highest BCUT2D eigenvalue weighted by Crippen LogP contribution is 2.37. The molecule has 0 saturated carbocycles. The van der Waals surface area contributed by atoms with E-state index >= 15 is 0 Å². The van der Waals surface area contributed by atoms with Crippen LogP contribution in [0.25, 0.3) is 21.9 Å². The number of fused-ring (bicyclic) bond motifs is 1. The van der Waals surface area contributed by atoms with Crippen molar-refractivity contribution in [2.24, 2.45) is 0 Å². The summed E-state index contributed by atoms with van der Waals surface area (Å²) < 4.78 is 55.9. The average Bonchev–Trinajstić information content (AvgIpc) is 2.54. The van der Waals surface area contributed by atoms with Gasteiger partial charge in [-0.05, 0) is 23.6 Å². The molecule has 0 amide bonds. The van der Waals surface area contributed by atoms with E-state index in [1.807, 2.05) is 0 Å². The lowest BCUT2D eigenvalue weighted by Crippen LogP contribution is -2.00. The molecular weight excluding hydrogens is 338 g/mol. The minimum absolute atomic E-state index is 0.118. The summed E-state index contributed by atoms with van der Waals surface area (Å²) in [6, 6.07) is 6.76. The molecule has 3 aromatic rings. The zero-order chi connectivity index (χ0) is 18.3. The van der Waals surface area contributed by atoms with Crippen LogP contribution < -0.4 is 0 Å². The first kappa shape index (κ1) is 16.5. The summed E-state index contributed by atoms with van der Waals surface area (Å²) >= 11 is 0. The first-order valence-corrected chi connectivity index (χ1v) is 6.88. The van der Waals surface area contributed by atoms with Crippen LogP contribution in [-0.4, -0.2) is 11.1 Å². The van der Waals surface area contributed by atoms with Gasteiger partial charge in [0, 0.05) is 23.1 Å². The van der Waals surface area contributed by atoms with Gasteiger partial charge in [0.15, 0.2) is 0 Å². The number of hydrogen-bond acceptors (Lipinski definition) is 2. The van der Waals surface area contributed by atoms with E-state index in [1.54, 1.807) is 6.07 Å². The highest BCUT2D eigenvalue weighted by atomic mass is 19.1. The molecule has 0 unspecified atom stereocenters. The maximum absolute atomic E-state index is 14.5. The van der Waals surface area contributed by atoms with Crippen LogP contribution in [0, 0.1) is 34.6 Å². The molecule has 0 spiro atoms. The van der Waals surface area contributed by atoms with Crippen LogP contribution in [0.15, 0.2) is 36.4 Å². The molecule has 3 nitrogen and oxygen atoms in total. The standard InChI is InChI=1S/C18H7F4NO2/c19-10-5-14(21)17(15(22)6-10)16-12-3-8(18(24)25)1-2-11(12)9(7-23)4-13(16)20/h1-6H,(H,24,25). The fourth-order valence-electron chi connectivity index (χ4n) is 2.65. The summed E-state index contributed by atoms with van der Waals surface area (Å²) in [5.74, 6) is -6.33.